The van der Waals surface area contributed by atoms with E-state index in [9.17, 15) is 54.6 Å². The van der Waals surface area contributed by atoms with Crippen LogP contribution in [0.2, 0.25) is 0 Å². The maximum atomic E-state index is 14.8. The lowest BCUT2D eigenvalue weighted by Crippen LogP contribution is -2.37. The number of halogens is 1. The third-order valence-electron chi connectivity index (χ3n) is 16.7. The lowest BCUT2D eigenvalue weighted by Gasteiger charge is -2.30. The van der Waals surface area contributed by atoms with Gasteiger partial charge >= 0.3 is 23.6 Å². The maximum absolute atomic E-state index is 14.8. The number of carbonyl (C=O) groups is 6. The van der Waals surface area contributed by atoms with E-state index in [2.05, 4.69) is 38.5 Å². The van der Waals surface area contributed by atoms with Crippen LogP contribution < -0.4 is 26.6 Å². The fourth-order valence-corrected chi connectivity index (χ4v) is 11.9. The number of unbranched alkanes of at least 4 members (excludes halogenated alkanes) is 6. The van der Waals surface area contributed by atoms with Gasteiger partial charge in [-0.05, 0) is 151 Å². The summed E-state index contributed by atoms with van der Waals surface area (Å²) in [4.78, 5) is 85.5. The van der Waals surface area contributed by atoms with Crippen molar-refractivity contribution in [1.29, 1.82) is 5.39 Å². The first kappa shape index (κ1) is 71.1. The molecule has 0 saturated carbocycles. The fraction of sp³-hybridized carbons (Fsp3) is 0.536. The molecule has 1 aliphatic rings. The van der Waals surface area contributed by atoms with Crippen LogP contribution in [0.3, 0.4) is 0 Å². The molecule has 3 amide bonds. The molecule has 0 bridgehead atoms. The summed E-state index contributed by atoms with van der Waals surface area (Å²) in [6.45, 7) is 6.44. The smallest absolute Gasteiger partial charge is 0.387 e. The van der Waals surface area contributed by atoms with E-state index in [1.165, 1.54) is 12.1 Å². The minimum Gasteiger partial charge on any atom is -0.508 e. The number of phenols is 2. The molecule has 18 nitrogen and oxygen atoms in total. The summed E-state index contributed by atoms with van der Waals surface area (Å²) < 4.78 is 6.16. The molecular weight excluding hydrogens is 1140 g/mol. The number of benzene rings is 4. The number of nitrogens with zero attached hydrogens (tertiary/aromatic N) is 2. The van der Waals surface area contributed by atoms with Gasteiger partial charge in [-0.1, -0.05) is 127 Å². The molecule has 19 heteroatoms. The van der Waals surface area contributed by atoms with E-state index >= 15 is 0 Å². The van der Waals surface area contributed by atoms with Crippen molar-refractivity contribution < 1.29 is 53.9 Å². The van der Waals surface area contributed by atoms with Crippen LogP contribution in [0, 0.1) is 46.8 Å². The minimum atomic E-state index is -0.920. The van der Waals surface area contributed by atoms with E-state index in [1.54, 1.807) is 72.8 Å². The van der Waals surface area contributed by atoms with Crippen LogP contribution in [0.4, 0.5) is 34.1 Å². The van der Waals surface area contributed by atoms with Crippen molar-refractivity contribution in [2.24, 2.45) is 41.4 Å². The number of esters is 1. The van der Waals surface area contributed by atoms with Gasteiger partial charge in [0.25, 0.3) is 0 Å². The summed E-state index contributed by atoms with van der Waals surface area (Å²) in [7, 11) is 0. The van der Waals surface area contributed by atoms with E-state index < -0.39 is 65.4 Å². The molecule has 9 N–H and O–H groups in total. The Bertz CT molecular complexity index is 2900. The van der Waals surface area contributed by atoms with Crippen LogP contribution >= 0.6 is 11.6 Å². The zero-order chi connectivity index (χ0) is 63.6. The third kappa shape index (κ3) is 25.6. The predicted octanol–water partition coefficient (Wildman–Crippen LogP) is 16.3. The predicted molar refractivity (Wildman–Crippen MR) is 348 cm³/mol. The highest BCUT2D eigenvalue weighted by Crippen LogP contribution is 2.34. The Morgan fingerprint density at radius 1 is 0.636 bits per heavy atom. The first-order chi connectivity index (χ1) is 42.5. The molecule has 0 radical (unpaired) electrons. The van der Waals surface area contributed by atoms with E-state index in [0.717, 1.165) is 38.5 Å². The Morgan fingerprint density at radius 2 is 1.20 bits per heavy atom. The number of phenolic OH excluding ortho intramolecular Hbond substituents is 2. The summed E-state index contributed by atoms with van der Waals surface area (Å²) in [5.74, 6) is -7.53. The van der Waals surface area contributed by atoms with Gasteiger partial charge in [0.05, 0.1) is 29.7 Å². The first-order valence-electron chi connectivity index (χ1n) is 32.0. The molecule has 4 aromatic carbocycles. The molecule has 5 rings (SSSR count). The van der Waals surface area contributed by atoms with Crippen molar-refractivity contribution in [3.63, 3.8) is 0 Å². The molecule has 9 unspecified atom stereocenters. The highest BCUT2D eigenvalue weighted by atomic mass is 35.5. The number of ether oxygens (including phenoxy) is 1. The Balaban J connectivity index is 1.27. The number of alkyl halides is 1. The number of aromatic hydroxyl groups is 2. The summed E-state index contributed by atoms with van der Waals surface area (Å²) in [6, 6.07) is 26.7. The molecule has 1 saturated heterocycles. The number of allylic oxidation sites excluding steroid dienone is 1. The summed E-state index contributed by atoms with van der Waals surface area (Å²) in [6.07, 6.45) is 17.8. The zero-order valence-corrected chi connectivity index (χ0v) is 52.4. The number of amides is 3. The Hall–Kier alpha value is -7.65. The first-order valence-corrected chi connectivity index (χ1v) is 32.5. The Morgan fingerprint density at radius 3 is 1.86 bits per heavy atom. The van der Waals surface area contributed by atoms with Crippen molar-refractivity contribution in [3.8, 4) is 11.5 Å². The van der Waals surface area contributed by atoms with Gasteiger partial charge in [-0.15, -0.1) is 0 Å². The topological polar surface area (TPSA) is 281 Å². The molecule has 1 heterocycles. The highest BCUT2D eigenvalue weighted by molar-refractivity contribution is 6.21. The van der Waals surface area contributed by atoms with Crippen LogP contribution in [-0.2, 0) is 33.5 Å². The van der Waals surface area contributed by atoms with Gasteiger partial charge in [0, 0.05) is 65.0 Å². The highest BCUT2D eigenvalue weighted by Gasteiger charge is 2.37. The van der Waals surface area contributed by atoms with Crippen molar-refractivity contribution in [2.45, 2.75) is 186 Å². The van der Waals surface area contributed by atoms with Crippen LogP contribution in [0.15, 0.2) is 109 Å². The van der Waals surface area contributed by atoms with Crippen LogP contribution in [0.25, 0.3) is 4.98 Å². The number of diazo groups is 1. The Kier molecular flexibility index (Phi) is 31.7. The van der Waals surface area contributed by atoms with Crippen molar-refractivity contribution >= 4 is 81.4 Å². The van der Waals surface area contributed by atoms with Gasteiger partial charge in [-0.3, -0.25) is 28.8 Å². The molecule has 0 aromatic heterocycles. The average Bonchev–Trinajstić information content (AvgIpc) is 3.24. The quantitative estimate of drug-likeness (QED) is 0.00500. The zero-order valence-electron chi connectivity index (χ0n) is 51.7. The molecule has 1 fully saturated rings. The Labute approximate surface area is 525 Å². The van der Waals surface area contributed by atoms with Crippen LogP contribution in [-0.4, -0.2) is 74.2 Å². The number of hydrogen-bond acceptors (Lipinski definition) is 12. The van der Waals surface area contributed by atoms with Gasteiger partial charge in [-0.25, -0.2) is 0 Å². The number of rotatable bonds is 40. The molecule has 0 spiro atoms. The van der Waals surface area contributed by atoms with Gasteiger partial charge in [0.2, 0.25) is 23.1 Å². The number of hydrogen-bond donors (Lipinski definition) is 9. The summed E-state index contributed by atoms with van der Waals surface area (Å²) in [5.41, 5.74) is 2.69. The standard InChI is InChI=1S/C69H94ClN7O11/c1-4-7-8-13-39-61(66(82)75-53-30-20-32-55(43-53)77-71)62-40-17-16-35-58(88-69(62)87)36-18-26-48(67(83)84)25-12-10-15-38-60(65(81)76-54-31-22-34-57(79)45-54)59(64(80)74-52-29-19-28-51(42-52)73-63(70)6-3)37-14-9-11-24-47(41-49(23-5-2)68(85)86)46-72-50-27-21-33-56(78)44-50/h11,19-22,24,27-34,42-45,47-49,58-63,72-73H,4-10,12-18,23,25-26,35-41,46H2,1-3H3,(H6-,74,75,76,78,79,80,81,82,83,84,85,86)/p+1. The third-order valence-corrected chi connectivity index (χ3v) is 17.1. The normalized spacial score (nSPS) is 16.6. The number of aliphatic carboxylic acids is 2. The van der Waals surface area contributed by atoms with Crippen molar-refractivity contribution in [3.05, 3.63) is 114 Å². The molecule has 9 atom stereocenters. The monoisotopic (exact) mass is 1230 g/mol. The van der Waals surface area contributed by atoms with E-state index in [1.807, 2.05) is 38.1 Å². The number of carboxylic acids is 2. The van der Waals surface area contributed by atoms with Gasteiger partial charge in [-0.2, -0.15) is 0 Å². The molecule has 478 valence electrons. The maximum Gasteiger partial charge on any atom is 0.387 e. The second-order valence-electron chi connectivity index (χ2n) is 23.6. The fourth-order valence-electron chi connectivity index (χ4n) is 11.8. The summed E-state index contributed by atoms with van der Waals surface area (Å²) in [5, 5.41) is 65.7. The SMILES string of the molecule is CCCCCCC(C(=O)Nc1cccc([N+]#N)c1)C1CCCCC(CCCC(CCCCCC(C(=O)Nc2cccc(O)c2)C(CCCC=CC(CNc2cccc(O)c2)CC(CCC)C(=O)O)C(=O)Nc2cccc(NC(Cl)CC)c2)C(=O)O)OC1=O. The molecule has 4 aromatic rings. The molecular formula is C69H95ClN7O11+. The minimum absolute atomic E-state index is 0.0439. The summed E-state index contributed by atoms with van der Waals surface area (Å²) >= 11 is 6.43. The lowest BCUT2D eigenvalue weighted by molar-refractivity contribution is -0.160. The number of anilines is 5. The number of carbonyl (C=O) groups excluding carboxylic acids is 4. The van der Waals surface area contributed by atoms with Crippen molar-refractivity contribution in [1.82, 2.24) is 0 Å². The van der Waals surface area contributed by atoms with Gasteiger partial charge < -0.3 is 51.7 Å². The second-order valence-corrected chi connectivity index (χ2v) is 24.1. The molecule has 1 aliphatic heterocycles. The van der Waals surface area contributed by atoms with Crippen molar-refractivity contribution in [2.75, 3.05) is 33.1 Å². The molecule has 88 heavy (non-hydrogen) atoms. The second kappa shape index (κ2) is 39.3. The number of nitrogens with one attached hydrogen (secondary N) is 5. The van der Waals surface area contributed by atoms with E-state index in [0.29, 0.717) is 156 Å². The van der Waals surface area contributed by atoms with Gasteiger partial charge in [0.1, 0.15) is 23.1 Å². The van der Waals surface area contributed by atoms with E-state index in [-0.39, 0.29) is 34.7 Å². The van der Waals surface area contributed by atoms with Gasteiger partial charge in [0.15, 0.2) is 4.98 Å². The lowest BCUT2D eigenvalue weighted by atomic mass is 9.82. The largest absolute Gasteiger partial charge is 0.508 e. The van der Waals surface area contributed by atoms with Crippen LogP contribution in [0.1, 0.15) is 175 Å². The molecule has 0 aliphatic carbocycles. The van der Waals surface area contributed by atoms with Crippen LogP contribution in [0.5, 0.6) is 11.5 Å². The number of carboxylic acid groups (broad SMARTS) is 2. The number of cyclic esters (lactones) is 1. The van der Waals surface area contributed by atoms with E-state index in [4.69, 9.17) is 16.3 Å². The average molecular weight is 1230 g/mol.